The fourth-order valence-electron chi connectivity index (χ4n) is 2.33. The molecule has 0 atom stereocenters. The zero-order valence-electron chi connectivity index (χ0n) is 10.2. The molecule has 0 spiro atoms. The summed E-state index contributed by atoms with van der Waals surface area (Å²) < 4.78 is 5.52. The lowest BCUT2D eigenvalue weighted by Crippen LogP contribution is -2.40. The largest absolute Gasteiger partial charge is 0.496 e. The van der Waals surface area contributed by atoms with Crippen molar-refractivity contribution in [2.45, 2.75) is 19.3 Å². The van der Waals surface area contributed by atoms with Crippen LogP contribution in [0.4, 0.5) is 0 Å². The van der Waals surface area contributed by atoms with Crippen LogP contribution in [0.15, 0.2) is 6.07 Å². The first-order valence-corrected chi connectivity index (χ1v) is 6.24. The Morgan fingerprint density at radius 2 is 2.24 bits per heavy atom. The number of benzene rings is 1. The lowest BCUT2D eigenvalue weighted by Gasteiger charge is -2.31. The summed E-state index contributed by atoms with van der Waals surface area (Å²) in [7, 11) is 1.68. The van der Waals surface area contributed by atoms with Gasteiger partial charge < -0.3 is 15.2 Å². The van der Waals surface area contributed by atoms with E-state index in [2.05, 4.69) is 5.32 Å². The highest BCUT2D eigenvalue weighted by atomic mass is 35.5. The minimum absolute atomic E-state index is 0.109. The quantitative estimate of drug-likeness (QED) is 0.863. The van der Waals surface area contributed by atoms with Crippen molar-refractivity contribution < 1.29 is 9.84 Å². The monoisotopic (exact) mass is 255 g/mol. The van der Waals surface area contributed by atoms with Crippen LogP contribution in [-0.4, -0.2) is 31.9 Å². The molecule has 1 aliphatic rings. The summed E-state index contributed by atoms with van der Waals surface area (Å²) in [6.45, 7) is 4.07. The Morgan fingerprint density at radius 3 is 2.71 bits per heavy atom. The number of aliphatic hydroxyl groups excluding tert-OH is 1. The Bertz CT molecular complexity index is 416. The molecule has 1 aromatic rings. The van der Waals surface area contributed by atoms with Gasteiger partial charge in [-0.15, -0.1) is 0 Å². The first-order valence-electron chi connectivity index (χ1n) is 5.86. The van der Waals surface area contributed by atoms with Gasteiger partial charge in [0.25, 0.3) is 0 Å². The highest BCUT2D eigenvalue weighted by Gasteiger charge is 2.27. The van der Waals surface area contributed by atoms with Gasteiger partial charge in [0.05, 0.1) is 7.11 Å². The van der Waals surface area contributed by atoms with E-state index < -0.39 is 0 Å². The van der Waals surface area contributed by atoms with E-state index in [1.165, 1.54) is 5.56 Å². The van der Waals surface area contributed by atoms with Gasteiger partial charge in [-0.25, -0.2) is 0 Å². The third-order valence-electron chi connectivity index (χ3n) is 3.37. The van der Waals surface area contributed by atoms with Crippen molar-refractivity contribution >= 4 is 11.6 Å². The van der Waals surface area contributed by atoms with E-state index in [-0.39, 0.29) is 6.61 Å². The molecule has 2 N–H and O–H groups in total. The van der Waals surface area contributed by atoms with Crippen LogP contribution in [0.3, 0.4) is 0 Å². The molecule has 0 radical (unpaired) electrons. The molecule has 3 nitrogen and oxygen atoms in total. The Labute approximate surface area is 107 Å². The predicted octanol–water partition coefficient (Wildman–Crippen LogP) is 1.88. The number of rotatable bonds is 4. The molecule has 0 unspecified atom stereocenters. The van der Waals surface area contributed by atoms with Gasteiger partial charge in [-0.1, -0.05) is 11.6 Å². The molecule has 1 fully saturated rings. The average Bonchev–Trinajstić information content (AvgIpc) is 2.23. The summed E-state index contributed by atoms with van der Waals surface area (Å²) in [4.78, 5) is 0. The Balaban J connectivity index is 2.51. The number of halogens is 1. The van der Waals surface area contributed by atoms with Gasteiger partial charge in [0.1, 0.15) is 5.75 Å². The standard InChI is InChI=1S/C13H18ClNO2/c1-8-11(14)5-9(3-4-16)13(17-2)12(8)10-6-15-7-10/h5,10,15-16H,3-4,6-7H2,1-2H3. The van der Waals surface area contributed by atoms with Gasteiger partial charge in [0.15, 0.2) is 0 Å². The number of hydrogen-bond acceptors (Lipinski definition) is 3. The molecule has 1 heterocycles. The van der Waals surface area contributed by atoms with Crippen LogP contribution >= 0.6 is 11.6 Å². The molecule has 0 bridgehead atoms. The summed E-state index contributed by atoms with van der Waals surface area (Å²) >= 11 is 6.25. The summed E-state index contributed by atoms with van der Waals surface area (Å²) in [6, 6.07) is 1.90. The smallest absolute Gasteiger partial charge is 0.126 e. The van der Waals surface area contributed by atoms with Crippen LogP contribution in [0, 0.1) is 6.92 Å². The van der Waals surface area contributed by atoms with Crippen molar-refractivity contribution in [2.24, 2.45) is 0 Å². The van der Waals surface area contributed by atoms with Crippen molar-refractivity contribution in [3.63, 3.8) is 0 Å². The van der Waals surface area contributed by atoms with Crippen LogP contribution in [0.2, 0.25) is 5.02 Å². The maximum Gasteiger partial charge on any atom is 0.126 e. The van der Waals surface area contributed by atoms with E-state index in [0.717, 1.165) is 35.0 Å². The Morgan fingerprint density at radius 1 is 1.53 bits per heavy atom. The van der Waals surface area contributed by atoms with Crippen molar-refractivity contribution in [1.82, 2.24) is 5.32 Å². The molecule has 0 amide bonds. The normalized spacial score (nSPS) is 15.8. The van der Waals surface area contributed by atoms with Crippen molar-refractivity contribution in [2.75, 3.05) is 26.8 Å². The summed E-state index contributed by atoms with van der Waals surface area (Å²) in [5.74, 6) is 1.37. The highest BCUT2D eigenvalue weighted by Crippen LogP contribution is 2.38. The lowest BCUT2D eigenvalue weighted by molar-refractivity contribution is 0.296. The first kappa shape index (κ1) is 12.7. The van der Waals surface area contributed by atoms with Crippen LogP contribution in [0.5, 0.6) is 5.75 Å². The SMILES string of the molecule is COc1c(CCO)cc(Cl)c(C)c1C1CNC1. The topological polar surface area (TPSA) is 41.5 Å². The molecule has 17 heavy (non-hydrogen) atoms. The molecular formula is C13H18ClNO2. The Hall–Kier alpha value is -0.770. The van der Waals surface area contributed by atoms with Gasteiger partial charge in [-0.2, -0.15) is 0 Å². The van der Waals surface area contributed by atoms with E-state index in [1.54, 1.807) is 7.11 Å². The number of ether oxygens (including phenoxy) is 1. The minimum atomic E-state index is 0.109. The van der Waals surface area contributed by atoms with Crippen molar-refractivity contribution in [3.05, 3.63) is 27.8 Å². The number of hydrogen-bond donors (Lipinski definition) is 2. The zero-order chi connectivity index (χ0) is 12.4. The minimum Gasteiger partial charge on any atom is -0.496 e. The van der Waals surface area contributed by atoms with E-state index in [0.29, 0.717) is 12.3 Å². The van der Waals surface area contributed by atoms with Gasteiger partial charge >= 0.3 is 0 Å². The second-order valence-corrected chi connectivity index (χ2v) is 4.83. The van der Waals surface area contributed by atoms with Crippen LogP contribution in [-0.2, 0) is 6.42 Å². The zero-order valence-corrected chi connectivity index (χ0v) is 11.0. The van der Waals surface area contributed by atoms with Gasteiger partial charge in [0, 0.05) is 36.2 Å². The molecule has 0 saturated carbocycles. The highest BCUT2D eigenvalue weighted by molar-refractivity contribution is 6.31. The van der Waals surface area contributed by atoms with Gasteiger partial charge in [-0.3, -0.25) is 0 Å². The van der Waals surface area contributed by atoms with E-state index >= 15 is 0 Å². The molecule has 1 aliphatic heterocycles. The number of methoxy groups -OCH3 is 1. The van der Waals surface area contributed by atoms with Gasteiger partial charge in [0.2, 0.25) is 0 Å². The number of nitrogens with one attached hydrogen (secondary N) is 1. The summed E-state index contributed by atoms with van der Waals surface area (Å²) in [5, 5.41) is 13.1. The number of aliphatic hydroxyl groups is 1. The molecule has 2 rings (SSSR count). The third kappa shape index (κ3) is 2.28. The van der Waals surface area contributed by atoms with E-state index in [4.69, 9.17) is 21.4 Å². The fraction of sp³-hybridized carbons (Fsp3) is 0.538. The van der Waals surface area contributed by atoms with E-state index in [1.807, 2.05) is 13.0 Å². The lowest BCUT2D eigenvalue weighted by atomic mass is 9.87. The van der Waals surface area contributed by atoms with E-state index in [9.17, 15) is 0 Å². The molecule has 4 heteroatoms. The van der Waals surface area contributed by atoms with Crippen LogP contribution < -0.4 is 10.1 Å². The molecule has 0 aliphatic carbocycles. The van der Waals surface area contributed by atoms with Crippen molar-refractivity contribution in [3.8, 4) is 5.75 Å². The first-order chi connectivity index (χ1) is 8.19. The fourth-order valence-corrected chi connectivity index (χ4v) is 2.56. The Kier molecular flexibility index (Phi) is 3.92. The summed E-state index contributed by atoms with van der Waals surface area (Å²) in [5.41, 5.74) is 3.28. The summed E-state index contributed by atoms with van der Waals surface area (Å²) in [6.07, 6.45) is 0.580. The average molecular weight is 256 g/mol. The van der Waals surface area contributed by atoms with Crippen LogP contribution in [0.1, 0.15) is 22.6 Å². The maximum absolute atomic E-state index is 9.09. The van der Waals surface area contributed by atoms with Crippen LogP contribution in [0.25, 0.3) is 0 Å². The predicted molar refractivity (Wildman–Crippen MR) is 69.1 cm³/mol. The molecule has 94 valence electrons. The second-order valence-electron chi connectivity index (χ2n) is 4.42. The molecule has 0 aromatic heterocycles. The van der Waals surface area contributed by atoms with Gasteiger partial charge in [-0.05, 0) is 30.5 Å². The molecular weight excluding hydrogens is 238 g/mol. The molecule has 1 aromatic carbocycles. The van der Waals surface area contributed by atoms with Crippen molar-refractivity contribution in [1.29, 1.82) is 0 Å². The maximum atomic E-state index is 9.09. The molecule has 1 saturated heterocycles. The second kappa shape index (κ2) is 5.25. The third-order valence-corrected chi connectivity index (χ3v) is 3.77.